The summed E-state index contributed by atoms with van der Waals surface area (Å²) in [4.78, 5) is 28.0. The zero-order chi connectivity index (χ0) is 28.8. The van der Waals surface area contributed by atoms with Gasteiger partial charge in [-0.3, -0.25) is 14.5 Å². The first-order valence-electron chi connectivity index (χ1n) is 12.4. The van der Waals surface area contributed by atoms with Crippen molar-refractivity contribution in [3.05, 3.63) is 76.7 Å². The van der Waals surface area contributed by atoms with E-state index in [4.69, 9.17) is 4.74 Å². The Morgan fingerprint density at radius 3 is 2.67 bits per heavy atom. The second kappa shape index (κ2) is 10.6. The Morgan fingerprint density at radius 1 is 1.15 bits per heavy atom. The molecule has 2 fully saturated rings. The van der Waals surface area contributed by atoms with Crippen molar-refractivity contribution in [3.8, 4) is 0 Å². The Hall–Kier alpha value is -3.91. The van der Waals surface area contributed by atoms with Crippen LogP contribution < -0.4 is 10.2 Å². The maximum Gasteiger partial charge on any atom is 0.270 e. The molecule has 0 aliphatic carbocycles. The van der Waals surface area contributed by atoms with E-state index in [-0.39, 0.29) is 36.9 Å². The Kier molecular flexibility index (Phi) is 7.31. The third-order valence-corrected chi connectivity index (χ3v) is 7.17. The van der Waals surface area contributed by atoms with Crippen molar-refractivity contribution in [2.45, 2.75) is 44.1 Å². The normalized spacial score (nSPS) is 24.9. The average Bonchev–Trinajstić information content (AvgIpc) is 3.52. The highest BCUT2D eigenvalue weighted by molar-refractivity contribution is 6.16. The van der Waals surface area contributed by atoms with Crippen LogP contribution in [0.2, 0.25) is 0 Å². The molecule has 3 heterocycles. The van der Waals surface area contributed by atoms with Crippen LogP contribution in [0.15, 0.2) is 36.5 Å². The minimum Gasteiger partial charge on any atom is -0.372 e. The van der Waals surface area contributed by atoms with Crippen LogP contribution in [0.3, 0.4) is 0 Å². The van der Waals surface area contributed by atoms with E-state index in [1.807, 2.05) is 6.92 Å². The molecule has 212 valence electrons. The summed E-state index contributed by atoms with van der Waals surface area (Å²) in [6.07, 6.45) is 0.726. The molecule has 4 atom stereocenters. The van der Waals surface area contributed by atoms with Crippen molar-refractivity contribution in [2.75, 3.05) is 18.1 Å². The topological polar surface area (TPSA) is 110 Å². The number of carbonyl (C=O) groups is 2. The maximum atomic E-state index is 14.3. The Bertz CT molecular complexity index is 1470. The van der Waals surface area contributed by atoms with Gasteiger partial charge in [-0.05, 0) is 36.6 Å². The number of amides is 2. The third-order valence-electron chi connectivity index (χ3n) is 7.17. The molecule has 0 spiro atoms. The summed E-state index contributed by atoms with van der Waals surface area (Å²) < 4.78 is 74.5. The van der Waals surface area contributed by atoms with E-state index in [9.17, 15) is 36.6 Å². The summed E-state index contributed by atoms with van der Waals surface area (Å²) in [7, 11) is 0. The SMILES string of the molecule is C[C@H]1C[C@@H](n2ncc(N3CC[C@](O)(C(=O)NCc4cc(F)cc(F)c4F)C3=O)n2)CO[C@@H]1c1cc(F)ccc1F. The van der Waals surface area contributed by atoms with E-state index in [0.717, 1.165) is 23.1 Å². The van der Waals surface area contributed by atoms with Gasteiger partial charge in [0.25, 0.3) is 11.8 Å². The molecule has 14 heteroatoms. The van der Waals surface area contributed by atoms with Crippen molar-refractivity contribution < 1.29 is 41.4 Å². The van der Waals surface area contributed by atoms with Gasteiger partial charge in [0, 0.05) is 36.7 Å². The molecular weight excluding hydrogens is 541 g/mol. The molecule has 5 rings (SSSR count). The number of benzene rings is 2. The van der Waals surface area contributed by atoms with Gasteiger partial charge in [0.05, 0.1) is 24.9 Å². The van der Waals surface area contributed by atoms with E-state index in [1.54, 1.807) is 0 Å². The molecule has 0 bridgehead atoms. The largest absolute Gasteiger partial charge is 0.372 e. The number of anilines is 1. The van der Waals surface area contributed by atoms with Crippen LogP contribution in [-0.4, -0.2) is 50.7 Å². The number of nitrogens with zero attached hydrogens (tertiary/aromatic N) is 4. The van der Waals surface area contributed by atoms with Gasteiger partial charge in [-0.2, -0.15) is 9.90 Å². The lowest BCUT2D eigenvalue weighted by Crippen LogP contribution is -2.52. The summed E-state index contributed by atoms with van der Waals surface area (Å²) in [5.74, 6) is -7.36. The first-order chi connectivity index (χ1) is 19.0. The minimum atomic E-state index is -2.52. The molecule has 2 amide bonds. The van der Waals surface area contributed by atoms with Gasteiger partial charge in [-0.15, -0.1) is 5.10 Å². The van der Waals surface area contributed by atoms with E-state index >= 15 is 0 Å². The van der Waals surface area contributed by atoms with E-state index in [2.05, 4.69) is 15.5 Å². The molecule has 2 aliphatic heterocycles. The Balaban J connectivity index is 1.23. The zero-order valence-corrected chi connectivity index (χ0v) is 21.1. The fraction of sp³-hybridized carbons (Fsp3) is 0.385. The lowest BCUT2D eigenvalue weighted by molar-refractivity contribution is -0.149. The predicted octanol–water partition coefficient (Wildman–Crippen LogP) is 3.10. The van der Waals surface area contributed by atoms with Crippen molar-refractivity contribution in [1.29, 1.82) is 0 Å². The molecule has 2 aliphatic rings. The van der Waals surface area contributed by atoms with E-state index in [0.29, 0.717) is 18.6 Å². The molecule has 2 N–H and O–H groups in total. The highest BCUT2D eigenvalue weighted by Crippen LogP contribution is 2.38. The van der Waals surface area contributed by atoms with Crippen molar-refractivity contribution >= 4 is 17.6 Å². The summed E-state index contributed by atoms with van der Waals surface area (Å²) in [5, 5.41) is 21.4. The van der Waals surface area contributed by atoms with Crippen molar-refractivity contribution in [2.24, 2.45) is 5.92 Å². The molecule has 2 aromatic carbocycles. The second-order valence-corrected chi connectivity index (χ2v) is 9.92. The van der Waals surface area contributed by atoms with Gasteiger partial charge in [0.1, 0.15) is 17.5 Å². The zero-order valence-electron chi connectivity index (χ0n) is 21.1. The highest BCUT2D eigenvalue weighted by Gasteiger charge is 2.52. The Morgan fingerprint density at radius 2 is 1.93 bits per heavy atom. The molecule has 9 nitrogen and oxygen atoms in total. The summed E-state index contributed by atoms with van der Waals surface area (Å²) in [6.45, 7) is 1.14. The predicted molar refractivity (Wildman–Crippen MR) is 128 cm³/mol. The van der Waals surface area contributed by atoms with Crippen LogP contribution in [0, 0.1) is 35.0 Å². The standard InChI is InChI=1S/C26H24F5N5O4/c1-13-6-17(12-40-23(13)18-8-15(27)2-3-19(18)29)36-33-11-21(34-36)35-5-4-26(39,25(35)38)24(37)32-10-14-7-16(28)9-20(30)22(14)31/h2-3,7-9,11,13,17,23,39H,4-6,10,12H2,1H3,(H,32,37)/t13-,17+,23-,26-/m0/s1. The number of aliphatic hydroxyl groups is 1. The highest BCUT2D eigenvalue weighted by atomic mass is 19.2. The van der Waals surface area contributed by atoms with Crippen LogP contribution in [0.5, 0.6) is 0 Å². The molecule has 1 aromatic heterocycles. The third kappa shape index (κ3) is 5.04. The smallest absolute Gasteiger partial charge is 0.270 e. The molecule has 0 radical (unpaired) electrons. The molecule has 2 saturated heterocycles. The minimum absolute atomic E-state index is 0.0536. The summed E-state index contributed by atoms with van der Waals surface area (Å²) in [5.41, 5.74) is -2.90. The number of hydrogen-bond donors (Lipinski definition) is 2. The van der Waals surface area contributed by atoms with Gasteiger partial charge in [0.2, 0.25) is 5.60 Å². The summed E-state index contributed by atoms with van der Waals surface area (Å²) >= 11 is 0. The van der Waals surface area contributed by atoms with Crippen LogP contribution in [-0.2, 0) is 20.9 Å². The van der Waals surface area contributed by atoms with Gasteiger partial charge < -0.3 is 15.2 Å². The lowest BCUT2D eigenvalue weighted by atomic mass is 9.89. The lowest BCUT2D eigenvalue weighted by Gasteiger charge is -2.34. The van der Waals surface area contributed by atoms with Gasteiger partial charge >= 0.3 is 0 Å². The number of halogens is 5. The van der Waals surface area contributed by atoms with Crippen LogP contribution >= 0.6 is 0 Å². The molecule has 0 saturated carbocycles. The van der Waals surface area contributed by atoms with Crippen molar-refractivity contribution in [1.82, 2.24) is 20.3 Å². The first-order valence-corrected chi connectivity index (χ1v) is 12.4. The maximum absolute atomic E-state index is 14.3. The number of nitrogens with one attached hydrogen (secondary N) is 1. The second-order valence-electron chi connectivity index (χ2n) is 9.92. The average molecular weight is 565 g/mol. The molecule has 0 unspecified atom stereocenters. The summed E-state index contributed by atoms with van der Waals surface area (Å²) in [6, 6.07) is 3.82. The number of rotatable bonds is 6. The number of aromatic nitrogens is 3. The van der Waals surface area contributed by atoms with Crippen LogP contribution in [0.4, 0.5) is 27.8 Å². The van der Waals surface area contributed by atoms with Gasteiger partial charge in [0.15, 0.2) is 17.5 Å². The molecule has 40 heavy (non-hydrogen) atoms. The van der Waals surface area contributed by atoms with Gasteiger partial charge in [-0.25, -0.2) is 22.0 Å². The van der Waals surface area contributed by atoms with Gasteiger partial charge in [-0.1, -0.05) is 6.92 Å². The number of ether oxygens (including phenoxy) is 1. The van der Waals surface area contributed by atoms with Crippen LogP contribution in [0.1, 0.15) is 43.0 Å². The van der Waals surface area contributed by atoms with E-state index < -0.39 is 70.8 Å². The van der Waals surface area contributed by atoms with Crippen molar-refractivity contribution in [3.63, 3.8) is 0 Å². The molecular formula is C26H24F5N5O4. The fourth-order valence-corrected chi connectivity index (χ4v) is 5.05. The number of carbonyl (C=O) groups excluding carboxylic acids is 2. The van der Waals surface area contributed by atoms with Crippen LogP contribution in [0.25, 0.3) is 0 Å². The quantitative estimate of drug-likeness (QED) is 0.270. The molecule has 3 aromatic rings. The fourth-order valence-electron chi connectivity index (χ4n) is 5.05. The monoisotopic (exact) mass is 565 g/mol. The first kappa shape index (κ1) is 27.6. The number of hydrogen-bond acceptors (Lipinski definition) is 6. The van der Waals surface area contributed by atoms with E-state index in [1.165, 1.54) is 11.0 Å². The Labute approximate surface area is 224 Å².